The molecule has 0 aromatic heterocycles. The van der Waals surface area contributed by atoms with Crippen molar-refractivity contribution < 1.29 is 16.8 Å². The smallest absolute Gasteiger partial charge is 0.212 e. The summed E-state index contributed by atoms with van der Waals surface area (Å²) in [6.45, 7) is 0. The monoisotopic (exact) mass is 220 g/mol. The van der Waals surface area contributed by atoms with Crippen LogP contribution in [0.3, 0.4) is 0 Å². The summed E-state index contributed by atoms with van der Waals surface area (Å²) in [6.07, 6.45) is 1.84. The first-order valence-corrected chi connectivity index (χ1v) is 6.90. The molecule has 0 spiro atoms. The molecule has 0 atom stereocenters. The lowest BCUT2D eigenvalue weighted by Crippen LogP contribution is -2.23. The Hall–Kier alpha value is 0.170. The van der Waals surface area contributed by atoms with Crippen LogP contribution < -0.4 is 8.25 Å². The van der Waals surface area contributed by atoms with Crippen LogP contribution in [-0.4, -0.2) is 29.3 Å². The topological polar surface area (TPSA) is 92.3 Å². The fourth-order valence-corrected chi connectivity index (χ4v) is 1.82. The van der Waals surface area contributed by atoms with E-state index in [2.05, 4.69) is 0 Å². The molecule has 0 aliphatic carbocycles. The second-order valence-electron chi connectivity index (χ2n) is 1.81. The number of hydrogen-bond donors (Lipinski definition) is 2. The van der Waals surface area contributed by atoms with Crippen LogP contribution in [-0.2, 0) is 20.0 Å². The highest BCUT2D eigenvalue weighted by molar-refractivity contribution is 8.13. The zero-order valence-corrected chi connectivity index (χ0v) is 8.31. The molecule has 0 saturated carbocycles. The van der Waals surface area contributed by atoms with Crippen LogP contribution in [0.15, 0.2) is 0 Å². The second kappa shape index (κ2) is 3.72. The Morgan fingerprint density at radius 2 is 1.18 bits per heavy atom. The van der Waals surface area contributed by atoms with Crippen molar-refractivity contribution in [2.75, 3.05) is 12.5 Å². The Morgan fingerprint density at radius 1 is 0.909 bits per heavy atom. The van der Waals surface area contributed by atoms with Gasteiger partial charge in [0.15, 0.2) is 0 Å². The highest BCUT2D eigenvalue weighted by Crippen LogP contribution is 1.91. The lowest BCUT2D eigenvalue weighted by Gasteiger charge is -1.99. The van der Waals surface area contributed by atoms with Crippen LogP contribution in [0.4, 0.5) is 0 Å². The van der Waals surface area contributed by atoms with Crippen molar-refractivity contribution in [3.63, 3.8) is 0 Å². The van der Waals surface area contributed by atoms with Crippen molar-refractivity contribution in [3.8, 4) is 0 Å². The van der Waals surface area contributed by atoms with E-state index in [9.17, 15) is 16.8 Å². The van der Waals surface area contributed by atoms with E-state index in [1.807, 2.05) is 8.25 Å². The fourth-order valence-electron chi connectivity index (χ4n) is 0.168. The van der Waals surface area contributed by atoms with Gasteiger partial charge in [0.2, 0.25) is 20.0 Å². The molecule has 0 aliphatic rings. The molecule has 68 valence electrons. The van der Waals surface area contributed by atoms with E-state index in [1.54, 1.807) is 0 Å². The Kier molecular flexibility index (Phi) is 3.77. The molecule has 2 N–H and O–H groups in total. The first-order valence-electron chi connectivity index (χ1n) is 2.30. The molecule has 0 bridgehead atoms. The van der Waals surface area contributed by atoms with Crippen LogP contribution in [0.5, 0.6) is 0 Å². The predicted molar refractivity (Wildman–Crippen MR) is 43.6 cm³/mol. The fraction of sp³-hybridized carbons (Fsp3) is 1.00. The summed E-state index contributed by atoms with van der Waals surface area (Å²) < 4.78 is 45.2. The van der Waals surface area contributed by atoms with Crippen LogP contribution >= 0.6 is 12.1 Å². The predicted octanol–water partition coefficient (Wildman–Crippen LogP) is -1.35. The molecule has 0 unspecified atom stereocenters. The maximum absolute atomic E-state index is 10.4. The minimum atomic E-state index is -3.36. The third-order valence-corrected chi connectivity index (χ3v) is 3.47. The number of sulfonamides is 2. The summed E-state index contributed by atoms with van der Waals surface area (Å²) in [5.41, 5.74) is 0. The molecular weight excluding hydrogens is 212 g/mol. The van der Waals surface area contributed by atoms with Gasteiger partial charge in [0.25, 0.3) is 0 Å². The largest absolute Gasteiger partial charge is 0.218 e. The minimum absolute atomic E-state index is 0.391. The number of hydrogen-bond acceptors (Lipinski definition) is 5. The van der Waals surface area contributed by atoms with Gasteiger partial charge in [-0.25, -0.2) is 16.8 Å². The highest BCUT2D eigenvalue weighted by atomic mass is 32.3. The minimum Gasteiger partial charge on any atom is -0.212 e. The molecule has 0 amide bonds. The average molecular weight is 220 g/mol. The van der Waals surface area contributed by atoms with E-state index >= 15 is 0 Å². The summed E-state index contributed by atoms with van der Waals surface area (Å²) in [5, 5.41) is 0. The third-order valence-electron chi connectivity index (χ3n) is 0.386. The van der Waals surface area contributed by atoms with E-state index < -0.39 is 20.0 Å². The molecule has 0 saturated heterocycles. The van der Waals surface area contributed by atoms with Gasteiger partial charge >= 0.3 is 0 Å². The van der Waals surface area contributed by atoms with E-state index in [0.29, 0.717) is 12.1 Å². The first-order chi connectivity index (χ1) is 4.71. The standard InChI is InChI=1S/C2H8N2O4S3/c1-10(5,6)3-9-4-11(2,7)8/h3-4H,1-2H3. The van der Waals surface area contributed by atoms with Gasteiger partial charge < -0.3 is 0 Å². The quantitative estimate of drug-likeness (QED) is 0.571. The zero-order chi connectivity index (χ0) is 9.12. The molecule has 0 fully saturated rings. The van der Waals surface area contributed by atoms with Crippen molar-refractivity contribution in [1.29, 1.82) is 0 Å². The molecule has 0 aromatic carbocycles. The average Bonchev–Trinajstić information content (AvgIpc) is 1.55. The molecule has 0 radical (unpaired) electrons. The van der Waals surface area contributed by atoms with Gasteiger partial charge in [-0.15, -0.1) is 8.25 Å². The third kappa shape index (κ3) is 10.2. The van der Waals surface area contributed by atoms with E-state index in [1.165, 1.54) is 0 Å². The van der Waals surface area contributed by atoms with Crippen molar-refractivity contribution in [3.05, 3.63) is 0 Å². The first kappa shape index (κ1) is 11.2. The summed E-state index contributed by atoms with van der Waals surface area (Å²) in [6, 6.07) is 0. The van der Waals surface area contributed by atoms with Gasteiger partial charge in [0.05, 0.1) is 12.5 Å². The van der Waals surface area contributed by atoms with Crippen LogP contribution in [0.2, 0.25) is 0 Å². The lowest BCUT2D eigenvalue weighted by molar-refractivity contribution is 0.600. The van der Waals surface area contributed by atoms with Crippen LogP contribution in [0.25, 0.3) is 0 Å². The van der Waals surface area contributed by atoms with Crippen LogP contribution in [0.1, 0.15) is 0 Å². The van der Waals surface area contributed by atoms with E-state index in [4.69, 9.17) is 0 Å². The Bertz CT molecular complexity index is 270. The van der Waals surface area contributed by atoms with Gasteiger partial charge in [-0.05, 0) is 0 Å². The molecule has 11 heavy (non-hydrogen) atoms. The maximum Gasteiger partial charge on any atom is 0.218 e. The van der Waals surface area contributed by atoms with E-state index in [0.717, 1.165) is 12.5 Å². The molecule has 0 rings (SSSR count). The summed E-state index contributed by atoms with van der Waals surface area (Å²) in [5.74, 6) is 0. The molecule has 0 aliphatic heterocycles. The summed E-state index contributed by atoms with van der Waals surface area (Å²) in [4.78, 5) is 0. The summed E-state index contributed by atoms with van der Waals surface area (Å²) >= 11 is 0.391. The highest BCUT2D eigenvalue weighted by Gasteiger charge is 2.03. The molecular formula is C2H8N2O4S3. The van der Waals surface area contributed by atoms with Gasteiger partial charge in [-0.3, -0.25) is 0 Å². The van der Waals surface area contributed by atoms with Gasteiger partial charge in [-0.1, -0.05) is 0 Å². The van der Waals surface area contributed by atoms with Gasteiger partial charge in [0, 0.05) is 12.1 Å². The van der Waals surface area contributed by atoms with Gasteiger partial charge in [-0.2, -0.15) is 0 Å². The number of nitrogens with one attached hydrogen (secondary N) is 2. The normalized spacial score (nSPS) is 13.3. The SMILES string of the molecule is CS(=O)(=O)NSNS(C)(=O)=O. The molecule has 0 aromatic rings. The molecule has 6 nitrogen and oxygen atoms in total. The van der Waals surface area contributed by atoms with Gasteiger partial charge in [0.1, 0.15) is 0 Å². The van der Waals surface area contributed by atoms with Crippen molar-refractivity contribution in [1.82, 2.24) is 8.25 Å². The molecule has 0 heterocycles. The molecule has 9 heteroatoms. The maximum atomic E-state index is 10.4. The van der Waals surface area contributed by atoms with Crippen molar-refractivity contribution >= 4 is 32.2 Å². The van der Waals surface area contributed by atoms with E-state index in [-0.39, 0.29) is 0 Å². The van der Waals surface area contributed by atoms with Crippen molar-refractivity contribution in [2.45, 2.75) is 0 Å². The zero-order valence-electron chi connectivity index (χ0n) is 5.86. The van der Waals surface area contributed by atoms with Crippen molar-refractivity contribution in [2.24, 2.45) is 0 Å². The van der Waals surface area contributed by atoms with Crippen LogP contribution in [0, 0.1) is 0 Å². The Labute approximate surface area is 70.1 Å². The second-order valence-corrected chi connectivity index (χ2v) is 6.44. The Morgan fingerprint density at radius 3 is 1.36 bits per heavy atom. The number of rotatable bonds is 4. The lowest BCUT2D eigenvalue weighted by atomic mass is 12.0. The summed E-state index contributed by atoms with van der Waals surface area (Å²) in [7, 11) is -6.72. The Balaban J connectivity index is 3.79.